The molecule has 1 saturated heterocycles. The second kappa shape index (κ2) is 6.35. The molecule has 2 aromatic rings. The van der Waals surface area contributed by atoms with E-state index in [-0.39, 0.29) is 11.6 Å². The summed E-state index contributed by atoms with van der Waals surface area (Å²) in [5, 5.41) is 0. The van der Waals surface area contributed by atoms with Gasteiger partial charge in [-0.1, -0.05) is 0 Å². The van der Waals surface area contributed by atoms with Crippen molar-refractivity contribution >= 4 is 0 Å². The monoisotopic (exact) mass is 291 g/mol. The lowest BCUT2D eigenvalue weighted by molar-refractivity contribution is 0.165. The highest BCUT2D eigenvalue weighted by atomic mass is 19.1. The van der Waals surface area contributed by atoms with Crippen LogP contribution in [0.1, 0.15) is 18.4 Å². The number of piperidine rings is 1. The Hall–Kier alpha value is -1.75. The van der Waals surface area contributed by atoms with E-state index in [9.17, 15) is 8.78 Å². The Morgan fingerprint density at radius 3 is 2.71 bits per heavy atom. The van der Waals surface area contributed by atoms with E-state index in [0.29, 0.717) is 18.0 Å². The fourth-order valence-electron chi connectivity index (χ4n) is 2.93. The third kappa shape index (κ3) is 3.67. The van der Waals surface area contributed by atoms with Gasteiger partial charge in [-0.25, -0.2) is 13.8 Å². The fraction of sp³-hybridized carbons (Fsp3) is 0.438. The molecule has 0 N–H and O–H groups in total. The number of rotatable bonds is 4. The Morgan fingerprint density at radius 2 is 2.00 bits per heavy atom. The van der Waals surface area contributed by atoms with Crippen LogP contribution in [0.15, 0.2) is 36.9 Å². The van der Waals surface area contributed by atoms with Gasteiger partial charge in [-0.2, -0.15) is 0 Å². The van der Waals surface area contributed by atoms with E-state index in [4.69, 9.17) is 0 Å². The summed E-state index contributed by atoms with van der Waals surface area (Å²) in [5.74, 6) is -0.0638. The van der Waals surface area contributed by atoms with Gasteiger partial charge in [0.25, 0.3) is 0 Å². The van der Waals surface area contributed by atoms with Crippen LogP contribution in [-0.4, -0.2) is 27.5 Å². The first-order chi connectivity index (χ1) is 10.2. The number of aromatic nitrogens is 2. The van der Waals surface area contributed by atoms with Crippen LogP contribution in [0.2, 0.25) is 0 Å². The lowest BCUT2D eigenvalue weighted by Gasteiger charge is -2.32. The molecule has 0 radical (unpaired) electrons. The van der Waals surface area contributed by atoms with E-state index in [1.807, 2.05) is 12.5 Å². The smallest absolute Gasteiger partial charge is 0.127 e. The molecule has 5 heteroatoms. The van der Waals surface area contributed by atoms with Gasteiger partial charge in [0.05, 0.1) is 6.33 Å². The number of likely N-dealkylation sites (tertiary alicyclic amines) is 1. The fourth-order valence-corrected chi connectivity index (χ4v) is 2.93. The van der Waals surface area contributed by atoms with Crippen molar-refractivity contribution in [2.24, 2.45) is 5.92 Å². The molecule has 1 fully saturated rings. The van der Waals surface area contributed by atoms with Gasteiger partial charge in [-0.3, -0.25) is 4.90 Å². The minimum absolute atomic E-state index is 0.322. The minimum atomic E-state index is -0.374. The third-order valence-electron chi connectivity index (χ3n) is 4.14. The van der Waals surface area contributed by atoms with Crippen molar-refractivity contribution in [1.29, 1.82) is 0 Å². The van der Waals surface area contributed by atoms with Crippen LogP contribution in [-0.2, 0) is 13.1 Å². The first kappa shape index (κ1) is 14.2. The van der Waals surface area contributed by atoms with Gasteiger partial charge in [0, 0.05) is 31.0 Å². The van der Waals surface area contributed by atoms with Crippen LogP contribution in [0.4, 0.5) is 8.78 Å². The molecule has 0 spiro atoms. The molecule has 0 aliphatic carbocycles. The van der Waals surface area contributed by atoms with E-state index < -0.39 is 0 Å². The Balaban J connectivity index is 1.52. The number of nitrogens with zero attached hydrogens (tertiary/aromatic N) is 3. The van der Waals surface area contributed by atoms with Crippen molar-refractivity contribution < 1.29 is 8.78 Å². The Bertz CT molecular complexity index is 575. The normalized spacial score (nSPS) is 17.2. The van der Waals surface area contributed by atoms with Crippen LogP contribution >= 0.6 is 0 Å². The van der Waals surface area contributed by atoms with Gasteiger partial charge in [0.15, 0.2) is 0 Å². The van der Waals surface area contributed by atoms with Gasteiger partial charge in [-0.15, -0.1) is 0 Å². The van der Waals surface area contributed by atoms with E-state index >= 15 is 0 Å². The summed E-state index contributed by atoms with van der Waals surface area (Å²) in [6.45, 7) is 3.33. The van der Waals surface area contributed by atoms with Crippen LogP contribution < -0.4 is 0 Å². The maximum Gasteiger partial charge on any atom is 0.127 e. The summed E-state index contributed by atoms with van der Waals surface area (Å²) in [6.07, 6.45) is 7.77. The lowest BCUT2D eigenvalue weighted by Crippen LogP contribution is -2.34. The molecule has 3 nitrogen and oxygen atoms in total. The zero-order chi connectivity index (χ0) is 14.7. The highest BCUT2D eigenvalue weighted by molar-refractivity contribution is 5.18. The SMILES string of the molecule is Fc1ccc(F)c(CN2CCC(Cn3ccnc3)CC2)c1. The number of hydrogen-bond acceptors (Lipinski definition) is 2. The maximum absolute atomic E-state index is 13.6. The maximum atomic E-state index is 13.6. The summed E-state index contributed by atoms with van der Waals surface area (Å²) in [6, 6.07) is 3.67. The van der Waals surface area contributed by atoms with Crippen molar-refractivity contribution in [3.8, 4) is 0 Å². The Kier molecular flexibility index (Phi) is 4.29. The number of halogens is 2. The lowest BCUT2D eigenvalue weighted by atomic mass is 9.96. The molecule has 1 aliphatic rings. The minimum Gasteiger partial charge on any atom is -0.337 e. The highest BCUT2D eigenvalue weighted by Gasteiger charge is 2.20. The Labute approximate surface area is 123 Å². The third-order valence-corrected chi connectivity index (χ3v) is 4.14. The molecule has 0 amide bonds. The number of imidazole rings is 1. The quantitative estimate of drug-likeness (QED) is 0.863. The molecule has 0 saturated carbocycles. The molecule has 1 aromatic carbocycles. The molecule has 0 unspecified atom stereocenters. The molecule has 112 valence electrons. The second-order valence-corrected chi connectivity index (χ2v) is 5.71. The molecular formula is C16H19F2N3. The van der Waals surface area contributed by atoms with Gasteiger partial charge >= 0.3 is 0 Å². The van der Waals surface area contributed by atoms with Crippen LogP contribution in [0.3, 0.4) is 0 Å². The molecule has 0 bridgehead atoms. The molecule has 0 atom stereocenters. The summed E-state index contributed by atoms with van der Waals surface area (Å²) < 4.78 is 28.9. The molecule has 1 aromatic heterocycles. The van der Waals surface area contributed by atoms with E-state index in [2.05, 4.69) is 14.5 Å². The zero-order valence-corrected chi connectivity index (χ0v) is 11.9. The van der Waals surface area contributed by atoms with Crippen molar-refractivity contribution in [2.45, 2.75) is 25.9 Å². The Morgan fingerprint density at radius 1 is 1.19 bits per heavy atom. The van der Waals surface area contributed by atoms with Gasteiger partial charge in [-0.05, 0) is 50.0 Å². The van der Waals surface area contributed by atoms with Crippen LogP contribution in [0.25, 0.3) is 0 Å². The van der Waals surface area contributed by atoms with Gasteiger partial charge in [0.1, 0.15) is 11.6 Å². The second-order valence-electron chi connectivity index (χ2n) is 5.71. The first-order valence-corrected chi connectivity index (χ1v) is 7.33. The summed E-state index contributed by atoms with van der Waals surface area (Å²) in [4.78, 5) is 6.25. The van der Waals surface area contributed by atoms with Crippen LogP contribution in [0, 0.1) is 17.6 Å². The number of benzene rings is 1. The topological polar surface area (TPSA) is 21.1 Å². The predicted octanol–water partition coefficient (Wildman–Crippen LogP) is 3.07. The van der Waals surface area contributed by atoms with E-state index in [1.54, 1.807) is 6.20 Å². The zero-order valence-electron chi connectivity index (χ0n) is 11.9. The van der Waals surface area contributed by atoms with Crippen molar-refractivity contribution in [3.05, 3.63) is 54.1 Å². The van der Waals surface area contributed by atoms with Crippen molar-refractivity contribution in [1.82, 2.24) is 14.5 Å². The van der Waals surface area contributed by atoms with E-state index in [1.165, 1.54) is 12.1 Å². The molecule has 2 heterocycles. The van der Waals surface area contributed by atoms with Crippen molar-refractivity contribution in [3.63, 3.8) is 0 Å². The number of hydrogen-bond donors (Lipinski definition) is 0. The molecule has 3 rings (SSSR count). The molecule has 1 aliphatic heterocycles. The summed E-state index contributed by atoms with van der Waals surface area (Å²) in [7, 11) is 0. The molecular weight excluding hydrogens is 272 g/mol. The van der Waals surface area contributed by atoms with Gasteiger partial charge in [0.2, 0.25) is 0 Å². The first-order valence-electron chi connectivity index (χ1n) is 7.33. The molecule has 21 heavy (non-hydrogen) atoms. The van der Waals surface area contributed by atoms with Crippen LogP contribution in [0.5, 0.6) is 0 Å². The van der Waals surface area contributed by atoms with Gasteiger partial charge < -0.3 is 4.57 Å². The standard InChI is InChI=1S/C16H19F2N3/c17-15-1-2-16(18)14(9-15)11-20-6-3-13(4-7-20)10-21-8-5-19-12-21/h1-2,5,8-9,12-13H,3-4,6-7,10-11H2. The average Bonchev–Trinajstić information content (AvgIpc) is 2.98. The largest absolute Gasteiger partial charge is 0.337 e. The predicted molar refractivity (Wildman–Crippen MR) is 76.6 cm³/mol. The van der Waals surface area contributed by atoms with E-state index in [0.717, 1.165) is 38.5 Å². The highest BCUT2D eigenvalue weighted by Crippen LogP contribution is 2.21. The summed E-state index contributed by atoms with van der Waals surface area (Å²) >= 11 is 0. The average molecular weight is 291 g/mol. The van der Waals surface area contributed by atoms with Crippen molar-refractivity contribution in [2.75, 3.05) is 13.1 Å². The summed E-state index contributed by atoms with van der Waals surface area (Å²) in [5.41, 5.74) is 0.447.